The van der Waals surface area contributed by atoms with E-state index in [1.54, 1.807) is 24.3 Å². The highest BCUT2D eigenvalue weighted by Crippen LogP contribution is 2.19. The van der Waals surface area contributed by atoms with Crippen molar-refractivity contribution in [2.75, 3.05) is 0 Å². The Morgan fingerprint density at radius 3 is 2.60 bits per heavy atom. The molecule has 0 aliphatic heterocycles. The van der Waals surface area contributed by atoms with Crippen LogP contribution in [0.3, 0.4) is 0 Å². The summed E-state index contributed by atoms with van der Waals surface area (Å²) in [6, 6.07) is 6.67. The molecule has 5 heteroatoms. The van der Waals surface area contributed by atoms with Gasteiger partial charge in [0.2, 0.25) is 10.0 Å². The predicted molar refractivity (Wildman–Crippen MR) is 58.4 cm³/mol. The van der Waals surface area contributed by atoms with Crippen LogP contribution in [0.5, 0.6) is 0 Å². The average molecular weight is 227 g/mol. The van der Waals surface area contributed by atoms with E-state index in [4.69, 9.17) is 5.14 Å². The highest BCUT2D eigenvalue weighted by molar-refractivity contribution is 7.88. The summed E-state index contributed by atoms with van der Waals surface area (Å²) in [6.07, 6.45) is 0.463. The Kier molecular flexibility index (Phi) is 3.62. The number of hydrogen-bond acceptors (Lipinski definition) is 3. The van der Waals surface area contributed by atoms with E-state index in [2.05, 4.69) is 6.58 Å². The van der Waals surface area contributed by atoms with Crippen LogP contribution < -0.4 is 5.14 Å². The van der Waals surface area contributed by atoms with E-state index >= 15 is 0 Å². The van der Waals surface area contributed by atoms with Crippen LogP contribution in [0, 0.1) is 0 Å². The molecule has 0 spiro atoms. The number of rotatable bonds is 4. The Balaban J connectivity index is 3.12. The number of sulfonamides is 1. The van der Waals surface area contributed by atoms with Gasteiger partial charge in [-0.3, -0.25) is 0 Å². The summed E-state index contributed by atoms with van der Waals surface area (Å²) in [7, 11) is -3.59. The minimum absolute atomic E-state index is 0.284. The lowest BCUT2D eigenvalue weighted by Crippen LogP contribution is -2.16. The fourth-order valence-electron chi connectivity index (χ4n) is 1.30. The van der Waals surface area contributed by atoms with Gasteiger partial charge in [-0.2, -0.15) is 0 Å². The van der Waals surface area contributed by atoms with Crippen LogP contribution in [0.25, 0.3) is 0 Å². The van der Waals surface area contributed by atoms with Gasteiger partial charge in [0.05, 0.1) is 11.9 Å². The van der Waals surface area contributed by atoms with Crippen LogP contribution in [0.2, 0.25) is 0 Å². The molecule has 0 amide bonds. The van der Waals surface area contributed by atoms with Crippen molar-refractivity contribution in [3.8, 4) is 0 Å². The van der Waals surface area contributed by atoms with Gasteiger partial charge in [-0.25, -0.2) is 13.6 Å². The molecule has 1 aromatic carbocycles. The van der Waals surface area contributed by atoms with Crippen LogP contribution in [0.15, 0.2) is 36.9 Å². The van der Waals surface area contributed by atoms with E-state index in [1.807, 2.05) is 0 Å². The minimum Gasteiger partial charge on any atom is -0.384 e. The molecule has 0 fully saturated rings. The van der Waals surface area contributed by atoms with Crippen molar-refractivity contribution in [3.05, 3.63) is 48.0 Å². The molecule has 1 rings (SSSR count). The van der Waals surface area contributed by atoms with E-state index in [0.29, 0.717) is 11.1 Å². The normalized spacial score (nSPS) is 13.5. The van der Waals surface area contributed by atoms with Gasteiger partial charge >= 0.3 is 0 Å². The Bertz CT molecular complexity index is 453. The Morgan fingerprint density at radius 2 is 2.07 bits per heavy atom. The van der Waals surface area contributed by atoms with Crippen LogP contribution in [0.4, 0.5) is 0 Å². The fourth-order valence-corrected chi connectivity index (χ4v) is 1.99. The first-order valence-electron chi connectivity index (χ1n) is 4.33. The Morgan fingerprint density at radius 1 is 1.47 bits per heavy atom. The molecule has 0 radical (unpaired) electrons. The molecule has 3 N–H and O–H groups in total. The van der Waals surface area contributed by atoms with Crippen LogP contribution in [0.1, 0.15) is 17.2 Å². The molecular weight excluding hydrogens is 214 g/mol. The fraction of sp³-hybridized carbons (Fsp3) is 0.200. The minimum atomic E-state index is -3.59. The summed E-state index contributed by atoms with van der Waals surface area (Å²) in [5.41, 5.74) is 1.01. The molecule has 0 heterocycles. The molecule has 15 heavy (non-hydrogen) atoms. The number of hydrogen-bond donors (Lipinski definition) is 2. The van der Waals surface area contributed by atoms with Crippen molar-refractivity contribution >= 4 is 10.0 Å². The molecule has 0 bridgehead atoms. The van der Waals surface area contributed by atoms with Crippen molar-refractivity contribution in [2.24, 2.45) is 5.14 Å². The van der Waals surface area contributed by atoms with Crippen molar-refractivity contribution < 1.29 is 13.5 Å². The third kappa shape index (κ3) is 3.47. The standard InChI is InChI=1S/C10H13NO3S/c1-2-10(12)9-6-4-3-5-8(9)7-15(11,13)14/h2-6,10,12H,1,7H2,(H2,11,13,14). The van der Waals surface area contributed by atoms with Gasteiger partial charge in [-0.1, -0.05) is 30.3 Å². The monoisotopic (exact) mass is 227 g/mol. The second-order valence-corrected chi connectivity index (χ2v) is 4.80. The quantitative estimate of drug-likeness (QED) is 0.743. The molecule has 1 aromatic rings. The largest absolute Gasteiger partial charge is 0.384 e. The van der Waals surface area contributed by atoms with Gasteiger partial charge in [0.1, 0.15) is 0 Å². The molecule has 0 aromatic heterocycles. The first-order chi connectivity index (χ1) is 6.94. The summed E-state index contributed by atoms with van der Waals surface area (Å²) in [5, 5.41) is 14.5. The van der Waals surface area contributed by atoms with E-state index in [-0.39, 0.29) is 5.75 Å². The topological polar surface area (TPSA) is 80.4 Å². The first-order valence-corrected chi connectivity index (χ1v) is 6.04. The number of aliphatic hydroxyl groups is 1. The third-order valence-electron chi connectivity index (χ3n) is 1.95. The lowest BCUT2D eigenvalue weighted by atomic mass is 10.0. The maximum Gasteiger partial charge on any atom is 0.213 e. The lowest BCUT2D eigenvalue weighted by molar-refractivity contribution is 0.228. The zero-order valence-corrected chi connectivity index (χ0v) is 8.94. The predicted octanol–water partition coefficient (Wildman–Crippen LogP) is 0.695. The molecule has 1 atom stereocenters. The zero-order valence-electron chi connectivity index (χ0n) is 8.13. The van der Waals surface area contributed by atoms with E-state index in [9.17, 15) is 13.5 Å². The van der Waals surface area contributed by atoms with Gasteiger partial charge in [0.15, 0.2) is 0 Å². The van der Waals surface area contributed by atoms with Crippen molar-refractivity contribution in [3.63, 3.8) is 0 Å². The molecule has 0 saturated heterocycles. The van der Waals surface area contributed by atoms with Crippen molar-refractivity contribution in [1.82, 2.24) is 0 Å². The number of benzene rings is 1. The van der Waals surface area contributed by atoms with Crippen LogP contribution in [-0.4, -0.2) is 13.5 Å². The third-order valence-corrected chi connectivity index (χ3v) is 2.67. The SMILES string of the molecule is C=CC(O)c1ccccc1CS(N)(=O)=O. The first kappa shape index (κ1) is 11.9. The van der Waals surface area contributed by atoms with Gasteiger partial charge in [-0.05, 0) is 11.1 Å². The zero-order chi connectivity index (χ0) is 11.5. The van der Waals surface area contributed by atoms with Crippen molar-refractivity contribution in [2.45, 2.75) is 11.9 Å². The smallest absolute Gasteiger partial charge is 0.213 e. The van der Waals surface area contributed by atoms with Gasteiger partial charge in [0, 0.05) is 0 Å². The van der Waals surface area contributed by atoms with Gasteiger partial charge in [0.25, 0.3) is 0 Å². The molecule has 0 saturated carbocycles. The Labute approximate surface area is 89.1 Å². The van der Waals surface area contributed by atoms with Gasteiger partial charge in [-0.15, -0.1) is 6.58 Å². The maximum absolute atomic E-state index is 10.9. The molecule has 0 aliphatic rings. The van der Waals surface area contributed by atoms with Crippen LogP contribution >= 0.6 is 0 Å². The number of aliphatic hydroxyl groups excluding tert-OH is 1. The molecule has 1 unspecified atom stereocenters. The summed E-state index contributed by atoms with van der Waals surface area (Å²) < 4.78 is 21.9. The summed E-state index contributed by atoms with van der Waals surface area (Å²) in [4.78, 5) is 0. The second kappa shape index (κ2) is 4.57. The van der Waals surface area contributed by atoms with Gasteiger partial charge < -0.3 is 5.11 Å². The van der Waals surface area contributed by atoms with E-state index in [0.717, 1.165) is 0 Å². The summed E-state index contributed by atoms with van der Waals surface area (Å²) in [5.74, 6) is -0.284. The molecular formula is C10H13NO3S. The van der Waals surface area contributed by atoms with Crippen LogP contribution in [-0.2, 0) is 15.8 Å². The highest BCUT2D eigenvalue weighted by atomic mass is 32.2. The molecule has 4 nitrogen and oxygen atoms in total. The maximum atomic E-state index is 10.9. The van der Waals surface area contributed by atoms with E-state index < -0.39 is 16.1 Å². The molecule has 82 valence electrons. The average Bonchev–Trinajstić information content (AvgIpc) is 2.15. The lowest BCUT2D eigenvalue weighted by Gasteiger charge is -2.11. The number of primary sulfonamides is 1. The Hall–Kier alpha value is -1.17. The van der Waals surface area contributed by atoms with E-state index in [1.165, 1.54) is 6.08 Å². The highest BCUT2D eigenvalue weighted by Gasteiger charge is 2.12. The summed E-state index contributed by atoms with van der Waals surface area (Å²) >= 11 is 0. The number of nitrogens with two attached hydrogens (primary N) is 1. The second-order valence-electron chi connectivity index (χ2n) is 3.19. The van der Waals surface area contributed by atoms with Crippen molar-refractivity contribution in [1.29, 1.82) is 0 Å². The molecule has 0 aliphatic carbocycles. The summed E-state index contributed by atoms with van der Waals surface area (Å²) in [6.45, 7) is 3.44.